The predicted octanol–water partition coefficient (Wildman–Crippen LogP) is 3.39. The molecule has 1 aliphatic carbocycles. The minimum atomic E-state index is 0.203. The summed E-state index contributed by atoms with van der Waals surface area (Å²) in [5.74, 6) is 0.905. The van der Waals surface area contributed by atoms with Crippen LogP contribution >= 0.6 is 0 Å². The third kappa shape index (κ3) is 2.48. The van der Waals surface area contributed by atoms with Crippen molar-refractivity contribution >= 4 is 6.21 Å². The van der Waals surface area contributed by atoms with E-state index in [-0.39, 0.29) is 5.41 Å². The summed E-state index contributed by atoms with van der Waals surface area (Å²) in [6.45, 7) is 5.02. The molecule has 4 nitrogen and oxygen atoms in total. The van der Waals surface area contributed by atoms with Crippen LogP contribution in [0.2, 0.25) is 0 Å². The maximum atomic E-state index is 8.29. The molecule has 0 aromatic rings. The van der Waals surface area contributed by atoms with Gasteiger partial charge in [-0.05, 0) is 48.3 Å². The molecule has 0 aromatic heterocycles. The quantitative estimate of drug-likeness (QED) is 0.309. The van der Waals surface area contributed by atoms with E-state index in [1.165, 1.54) is 0 Å². The second kappa shape index (κ2) is 4.47. The first kappa shape index (κ1) is 11.1. The molecule has 0 bridgehead atoms. The lowest BCUT2D eigenvalue weighted by atomic mass is 9.65. The number of hydrogen-bond acceptors (Lipinski definition) is 2. The lowest BCUT2D eigenvalue weighted by molar-refractivity contribution is 0.125. The van der Waals surface area contributed by atoms with Crippen LogP contribution in [0.15, 0.2) is 5.11 Å². The normalized spacial score (nSPS) is 30.4. The molecule has 4 heteroatoms. The van der Waals surface area contributed by atoms with E-state index in [1.54, 1.807) is 6.21 Å². The van der Waals surface area contributed by atoms with Gasteiger partial charge in [0.1, 0.15) is 0 Å². The van der Waals surface area contributed by atoms with Crippen LogP contribution < -0.4 is 0 Å². The van der Waals surface area contributed by atoms with Crippen LogP contribution in [-0.4, -0.2) is 12.8 Å². The summed E-state index contributed by atoms with van der Waals surface area (Å²) < 4.78 is 0. The van der Waals surface area contributed by atoms with E-state index in [4.69, 9.17) is 10.9 Å². The molecule has 1 rings (SSSR count). The average molecular weight is 194 g/mol. The van der Waals surface area contributed by atoms with Gasteiger partial charge in [-0.15, -0.1) is 0 Å². The molecule has 2 atom stereocenters. The first-order valence-electron chi connectivity index (χ1n) is 5.11. The van der Waals surface area contributed by atoms with Crippen molar-refractivity contribution in [2.75, 3.05) is 6.54 Å². The molecule has 0 aliphatic heterocycles. The number of nitrogens with zero attached hydrogens (tertiary/aromatic N) is 3. The molecule has 0 radical (unpaired) electrons. The summed E-state index contributed by atoms with van der Waals surface area (Å²) in [5, 5.41) is 10.9. The van der Waals surface area contributed by atoms with Crippen LogP contribution in [0.3, 0.4) is 0 Å². The lowest BCUT2D eigenvalue weighted by Crippen LogP contribution is -2.34. The Balaban J connectivity index is 2.62. The summed E-state index contributed by atoms with van der Waals surface area (Å²) in [7, 11) is 0. The molecule has 1 N–H and O–H groups in total. The SMILES string of the molecule is CC1(C)CC(C=N)CCC1CN=[N+]=[N-]. The van der Waals surface area contributed by atoms with Gasteiger partial charge in [-0.25, -0.2) is 0 Å². The Morgan fingerprint density at radius 2 is 2.29 bits per heavy atom. The molecule has 1 saturated carbocycles. The van der Waals surface area contributed by atoms with Crippen LogP contribution in [0.4, 0.5) is 0 Å². The Bertz CT molecular complexity index is 253. The minimum absolute atomic E-state index is 0.203. The summed E-state index contributed by atoms with van der Waals surface area (Å²) >= 11 is 0. The molecule has 0 heterocycles. The monoisotopic (exact) mass is 194 g/mol. The minimum Gasteiger partial charge on any atom is -0.313 e. The van der Waals surface area contributed by atoms with E-state index in [9.17, 15) is 0 Å². The van der Waals surface area contributed by atoms with Crippen molar-refractivity contribution in [2.24, 2.45) is 22.4 Å². The first-order valence-corrected chi connectivity index (χ1v) is 5.11. The molecule has 14 heavy (non-hydrogen) atoms. The van der Waals surface area contributed by atoms with Crippen molar-refractivity contribution in [2.45, 2.75) is 33.1 Å². The van der Waals surface area contributed by atoms with Crippen molar-refractivity contribution in [3.8, 4) is 0 Å². The number of nitrogens with one attached hydrogen (secondary N) is 1. The highest BCUT2D eigenvalue weighted by Gasteiger charge is 2.35. The van der Waals surface area contributed by atoms with Gasteiger partial charge < -0.3 is 5.41 Å². The van der Waals surface area contributed by atoms with Crippen molar-refractivity contribution in [3.63, 3.8) is 0 Å². The largest absolute Gasteiger partial charge is 0.313 e. The second-order valence-electron chi connectivity index (χ2n) is 4.81. The molecule has 0 aromatic carbocycles. The molecule has 0 spiro atoms. The fourth-order valence-electron chi connectivity index (χ4n) is 2.37. The Morgan fingerprint density at radius 1 is 1.57 bits per heavy atom. The number of azide groups is 1. The zero-order valence-electron chi connectivity index (χ0n) is 8.90. The van der Waals surface area contributed by atoms with Gasteiger partial charge in [0.15, 0.2) is 0 Å². The van der Waals surface area contributed by atoms with Gasteiger partial charge in [0.05, 0.1) is 0 Å². The number of rotatable bonds is 3. The van der Waals surface area contributed by atoms with Crippen molar-refractivity contribution in [1.29, 1.82) is 5.41 Å². The van der Waals surface area contributed by atoms with Crippen LogP contribution in [0, 0.1) is 22.7 Å². The van der Waals surface area contributed by atoms with Gasteiger partial charge in [0, 0.05) is 11.5 Å². The zero-order valence-corrected chi connectivity index (χ0v) is 8.90. The molecule has 78 valence electrons. The smallest absolute Gasteiger partial charge is 0.0291 e. The maximum absolute atomic E-state index is 8.29. The molecule has 2 unspecified atom stereocenters. The highest BCUT2D eigenvalue weighted by molar-refractivity contribution is 5.57. The van der Waals surface area contributed by atoms with Gasteiger partial charge >= 0.3 is 0 Å². The average Bonchev–Trinajstić information content (AvgIpc) is 2.15. The number of hydrogen-bond donors (Lipinski definition) is 1. The molecular weight excluding hydrogens is 176 g/mol. The Kier molecular flexibility index (Phi) is 3.53. The van der Waals surface area contributed by atoms with Gasteiger partial charge in [-0.3, -0.25) is 0 Å². The maximum Gasteiger partial charge on any atom is 0.0291 e. The Hall–Kier alpha value is -1.02. The standard InChI is InChI=1S/C10H18N4/c1-10(2)5-8(6-11)3-4-9(10)7-13-14-12/h6,8-9,11H,3-5,7H2,1-2H3. The summed E-state index contributed by atoms with van der Waals surface area (Å²) in [5.41, 5.74) is 8.49. The highest BCUT2D eigenvalue weighted by Crippen LogP contribution is 2.42. The van der Waals surface area contributed by atoms with E-state index in [0.29, 0.717) is 18.4 Å². The summed E-state index contributed by atoms with van der Waals surface area (Å²) in [6.07, 6.45) is 4.75. The van der Waals surface area contributed by atoms with E-state index in [0.717, 1.165) is 19.3 Å². The van der Waals surface area contributed by atoms with Crippen LogP contribution in [0.1, 0.15) is 33.1 Å². The summed E-state index contributed by atoms with van der Waals surface area (Å²) in [4.78, 5) is 2.81. The molecule has 0 amide bonds. The van der Waals surface area contributed by atoms with Crippen LogP contribution in [-0.2, 0) is 0 Å². The second-order valence-corrected chi connectivity index (χ2v) is 4.81. The predicted molar refractivity (Wildman–Crippen MR) is 57.4 cm³/mol. The van der Waals surface area contributed by atoms with Gasteiger partial charge in [0.2, 0.25) is 0 Å². The molecule has 1 aliphatic rings. The summed E-state index contributed by atoms with van der Waals surface area (Å²) in [6, 6.07) is 0. The van der Waals surface area contributed by atoms with Crippen molar-refractivity contribution in [3.05, 3.63) is 10.4 Å². The Labute approximate surface area is 84.8 Å². The first-order chi connectivity index (χ1) is 6.60. The van der Waals surface area contributed by atoms with E-state index in [2.05, 4.69) is 23.9 Å². The molecule has 0 saturated heterocycles. The molecular formula is C10H18N4. The fourth-order valence-corrected chi connectivity index (χ4v) is 2.37. The third-order valence-electron chi connectivity index (χ3n) is 3.38. The fraction of sp³-hybridized carbons (Fsp3) is 0.900. The van der Waals surface area contributed by atoms with Crippen molar-refractivity contribution < 1.29 is 0 Å². The van der Waals surface area contributed by atoms with E-state index >= 15 is 0 Å². The van der Waals surface area contributed by atoms with Crippen LogP contribution in [0.5, 0.6) is 0 Å². The lowest BCUT2D eigenvalue weighted by Gasteiger charge is -2.40. The van der Waals surface area contributed by atoms with Gasteiger partial charge in [-0.2, -0.15) is 0 Å². The van der Waals surface area contributed by atoms with E-state index in [1.807, 2.05) is 0 Å². The Morgan fingerprint density at radius 3 is 2.79 bits per heavy atom. The van der Waals surface area contributed by atoms with E-state index < -0.39 is 0 Å². The highest BCUT2D eigenvalue weighted by atomic mass is 15.1. The third-order valence-corrected chi connectivity index (χ3v) is 3.38. The molecule has 1 fully saturated rings. The van der Waals surface area contributed by atoms with Crippen LogP contribution in [0.25, 0.3) is 10.4 Å². The van der Waals surface area contributed by atoms with Gasteiger partial charge in [0.25, 0.3) is 0 Å². The zero-order chi connectivity index (χ0) is 10.6. The topological polar surface area (TPSA) is 72.6 Å². The van der Waals surface area contributed by atoms with Gasteiger partial charge in [-0.1, -0.05) is 19.0 Å². The van der Waals surface area contributed by atoms with Crippen molar-refractivity contribution in [1.82, 2.24) is 0 Å².